The zero-order valence-electron chi connectivity index (χ0n) is 8.57. The van der Waals surface area contributed by atoms with Crippen molar-refractivity contribution in [2.24, 2.45) is 11.8 Å². The molecule has 0 spiro atoms. The van der Waals surface area contributed by atoms with Crippen LogP contribution in [0.4, 0.5) is 0 Å². The highest BCUT2D eigenvalue weighted by Crippen LogP contribution is 2.28. The number of nitrogens with one attached hydrogen (secondary N) is 1. The van der Waals surface area contributed by atoms with Crippen molar-refractivity contribution < 1.29 is 13.5 Å². The second-order valence-electron chi connectivity index (χ2n) is 4.05. The molecule has 0 unspecified atom stereocenters. The largest absolute Gasteiger partial charge is 0.396 e. The molecule has 0 aliphatic heterocycles. The van der Waals surface area contributed by atoms with Gasteiger partial charge in [-0.2, -0.15) is 0 Å². The summed E-state index contributed by atoms with van der Waals surface area (Å²) < 4.78 is 24.9. The molecule has 0 atom stereocenters. The number of hydrogen-bond acceptors (Lipinski definition) is 3. The second-order valence-corrected chi connectivity index (χ2v) is 6.03. The Morgan fingerprint density at radius 1 is 1.21 bits per heavy atom. The van der Waals surface area contributed by atoms with Gasteiger partial charge in [0, 0.05) is 6.61 Å². The summed E-state index contributed by atoms with van der Waals surface area (Å²) in [5.41, 5.74) is 0. The molecule has 1 rings (SSSR count). The van der Waals surface area contributed by atoms with Crippen LogP contribution < -0.4 is 4.72 Å². The smallest absolute Gasteiger partial charge is 0.211 e. The molecule has 14 heavy (non-hydrogen) atoms. The van der Waals surface area contributed by atoms with E-state index in [1.54, 1.807) is 0 Å². The van der Waals surface area contributed by atoms with Crippen LogP contribution in [-0.2, 0) is 10.0 Å². The monoisotopic (exact) mass is 221 g/mol. The van der Waals surface area contributed by atoms with Gasteiger partial charge in [-0.1, -0.05) is 0 Å². The van der Waals surface area contributed by atoms with E-state index < -0.39 is 10.0 Å². The van der Waals surface area contributed by atoms with Crippen molar-refractivity contribution in [3.05, 3.63) is 0 Å². The fourth-order valence-electron chi connectivity index (χ4n) is 1.97. The van der Waals surface area contributed by atoms with Gasteiger partial charge < -0.3 is 5.11 Å². The van der Waals surface area contributed by atoms with Crippen molar-refractivity contribution in [1.29, 1.82) is 0 Å². The molecule has 0 aromatic heterocycles. The first kappa shape index (κ1) is 11.9. The Bertz CT molecular complexity index is 255. The number of rotatable bonds is 4. The van der Waals surface area contributed by atoms with Crippen LogP contribution in [0.1, 0.15) is 25.7 Å². The maximum atomic E-state index is 11.3. The molecule has 0 aromatic rings. The molecule has 0 amide bonds. The highest BCUT2D eigenvalue weighted by atomic mass is 32.2. The Kier molecular flexibility index (Phi) is 4.34. The summed E-state index contributed by atoms with van der Waals surface area (Å²) in [6.07, 6.45) is 3.76. The summed E-state index contributed by atoms with van der Waals surface area (Å²) in [7, 11) is -1.60. The van der Waals surface area contributed by atoms with E-state index in [-0.39, 0.29) is 18.3 Å². The maximum Gasteiger partial charge on any atom is 0.211 e. The molecule has 0 aromatic carbocycles. The van der Waals surface area contributed by atoms with Gasteiger partial charge in [-0.05, 0) is 44.6 Å². The summed E-state index contributed by atoms with van der Waals surface area (Å²) in [4.78, 5) is 0. The number of sulfonamides is 1. The molecule has 5 heteroatoms. The van der Waals surface area contributed by atoms with Crippen molar-refractivity contribution in [3.8, 4) is 0 Å². The lowest BCUT2D eigenvalue weighted by atomic mass is 9.83. The Balaban J connectivity index is 2.36. The van der Waals surface area contributed by atoms with Crippen LogP contribution in [0.15, 0.2) is 0 Å². The molecule has 2 N–H and O–H groups in total. The lowest BCUT2D eigenvalue weighted by molar-refractivity contribution is 0.172. The van der Waals surface area contributed by atoms with Crippen LogP contribution in [-0.4, -0.2) is 32.9 Å². The maximum absolute atomic E-state index is 11.3. The van der Waals surface area contributed by atoms with Gasteiger partial charge in [0.25, 0.3) is 0 Å². The normalized spacial score (nSPS) is 29.0. The van der Waals surface area contributed by atoms with Gasteiger partial charge in [0.2, 0.25) is 10.0 Å². The van der Waals surface area contributed by atoms with E-state index in [4.69, 9.17) is 5.11 Å². The van der Waals surface area contributed by atoms with Gasteiger partial charge in [0.05, 0.1) is 5.75 Å². The second kappa shape index (κ2) is 5.09. The first-order valence-electron chi connectivity index (χ1n) is 5.09. The van der Waals surface area contributed by atoms with Crippen LogP contribution >= 0.6 is 0 Å². The first-order chi connectivity index (χ1) is 6.57. The quantitative estimate of drug-likeness (QED) is 0.719. The van der Waals surface area contributed by atoms with E-state index in [1.165, 1.54) is 7.05 Å². The summed E-state index contributed by atoms with van der Waals surface area (Å²) in [5.74, 6) is 0.903. The molecule has 1 fully saturated rings. The molecular weight excluding hydrogens is 202 g/mol. The van der Waals surface area contributed by atoms with Crippen molar-refractivity contribution in [3.63, 3.8) is 0 Å². The van der Waals surface area contributed by atoms with E-state index in [2.05, 4.69) is 4.72 Å². The lowest BCUT2D eigenvalue weighted by Gasteiger charge is -2.26. The average Bonchev–Trinajstić information content (AvgIpc) is 2.19. The SMILES string of the molecule is CNS(=O)(=O)CC1CCC(CO)CC1. The first-order valence-corrected chi connectivity index (χ1v) is 6.74. The Morgan fingerprint density at radius 3 is 2.14 bits per heavy atom. The van der Waals surface area contributed by atoms with Crippen LogP contribution in [0.25, 0.3) is 0 Å². The van der Waals surface area contributed by atoms with Gasteiger partial charge in [0.1, 0.15) is 0 Å². The molecule has 0 bridgehead atoms. The van der Waals surface area contributed by atoms with Gasteiger partial charge in [-0.3, -0.25) is 0 Å². The van der Waals surface area contributed by atoms with Crippen LogP contribution in [0, 0.1) is 11.8 Å². The van der Waals surface area contributed by atoms with Gasteiger partial charge >= 0.3 is 0 Å². The summed E-state index contributed by atoms with van der Waals surface area (Å²) in [6.45, 7) is 0.242. The third-order valence-electron chi connectivity index (χ3n) is 2.99. The number of aliphatic hydroxyl groups is 1. The summed E-state index contributed by atoms with van der Waals surface area (Å²) in [6, 6.07) is 0. The topological polar surface area (TPSA) is 66.4 Å². The molecular formula is C9H19NO3S. The number of hydrogen-bond donors (Lipinski definition) is 2. The Morgan fingerprint density at radius 2 is 1.71 bits per heavy atom. The zero-order chi connectivity index (χ0) is 10.6. The van der Waals surface area contributed by atoms with Crippen LogP contribution in [0.2, 0.25) is 0 Å². The van der Waals surface area contributed by atoms with Gasteiger partial charge in [-0.25, -0.2) is 13.1 Å². The van der Waals surface area contributed by atoms with E-state index >= 15 is 0 Å². The highest BCUT2D eigenvalue weighted by molar-refractivity contribution is 7.89. The van der Waals surface area contributed by atoms with Crippen molar-refractivity contribution >= 4 is 10.0 Å². The molecule has 0 saturated heterocycles. The van der Waals surface area contributed by atoms with E-state index in [0.717, 1.165) is 25.7 Å². The minimum absolute atomic E-state index is 0.238. The Hall–Kier alpha value is -0.130. The van der Waals surface area contributed by atoms with Gasteiger partial charge in [0.15, 0.2) is 0 Å². The van der Waals surface area contributed by atoms with E-state index in [9.17, 15) is 8.42 Å². The highest BCUT2D eigenvalue weighted by Gasteiger charge is 2.24. The van der Waals surface area contributed by atoms with Crippen molar-refractivity contribution in [2.45, 2.75) is 25.7 Å². The average molecular weight is 221 g/mol. The minimum Gasteiger partial charge on any atom is -0.396 e. The molecule has 0 heterocycles. The third kappa shape index (κ3) is 3.55. The molecule has 4 nitrogen and oxygen atoms in total. The lowest BCUT2D eigenvalue weighted by Crippen LogP contribution is -2.29. The standard InChI is InChI=1S/C9H19NO3S/c1-10-14(12,13)7-9-4-2-8(6-11)3-5-9/h8-11H,2-7H2,1H3. The molecule has 1 aliphatic carbocycles. The molecule has 1 aliphatic rings. The summed E-state index contributed by atoms with van der Waals surface area (Å²) >= 11 is 0. The van der Waals surface area contributed by atoms with E-state index in [0.29, 0.717) is 5.92 Å². The van der Waals surface area contributed by atoms with Gasteiger partial charge in [-0.15, -0.1) is 0 Å². The fraction of sp³-hybridized carbons (Fsp3) is 1.00. The molecule has 0 radical (unpaired) electrons. The van der Waals surface area contributed by atoms with Crippen LogP contribution in [0.5, 0.6) is 0 Å². The minimum atomic E-state index is -3.06. The fourth-order valence-corrected chi connectivity index (χ4v) is 3.09. The van der Waals surface area contributed by atoms with Crippen LogP contribution in [0.3, 0.4) is 0 Å². The Labute approximate surface area is 85.8 Å². The predicted molar refractivity (Wildman–Crippen MR) is 55.4 cm³/mol. The predicted octanol–water partition coefficient (Wildman–Crippen LogP) is 0.334. The van der Waals surface area contributed by atoms with Crippen molar-refractivity contribution in [2.75, 3.05) is 19.4 Å². The summed E-state index contributed by atoms with van der Waals surface area (Å²) in [5, 5.41) is 8.93. The zero-order valence-corrected chi connectivity index (χ0v) is 9.39. The third-order valence-corrected chi connectivity index (χ3v) is 4.52. The molecule has 1 saturated carbocycles. The van der Waals surface area contributed by atoms with Crippen molar-refractivity contribution in [1.82, 2.24) is 4.72 Å². The molecule has 84 valence electrons. The number of aliphatic hydroxyl groups excluding tert-OH is 1. The van der Waals surface area contributed by atoms with E-state index in [1.807, 2.05) is 0 Å².